The molecule has 0 radical (unpaired) electrons. The number of nitrogens with one attached hydrogen (secondary N) is 1. The van der Waals surface area contributed by atoms with Crippen molar-refractivity contribution in [2.45, 2.75) is 19.1 Å². The molecule has 82 valence electrons. The van der Waals surface area contributed by atoms with Crippen LogP contribution in [0.15, 0.2) is 18.7 Å². The molecule has 0 spiro atoms. The van der Waals surface area contributed by atoms with Gasteiger partial charge in [0.2, 0.25) is 5.91 Å². The van der Waals surface area contributed by atoms with Crippen molar-refractivity contribution in [2.75, 3.05) is 6.54 Å². The predicted octanol–water partition coefficient (Wildman–Crippen LogP) is -0.993. The third kappa shape index (κ3) is 3.61. The molecule has 0 saturated heterocycles. The number of hydrogen-bond donors (Lipinski definition) is 3. The first-order valence-corrected chi connectivity index (χ1v) is 4.46. The van der Waals surface area contributed by atoms with Gasteiger partial charge < -0.3 is 15.5 Å². The molecule has 1 aromatic rings. The van der Waals surface area contributed by atoms with Crippen LogP contribution >= 0.6 is 0 Å². The SMILES string of the molecule is CC(=O)NCC(O)C(O)c1cncnc1. The summed E-state index contributed by atoms with van der Waals surface area (Å²) in [6, 6.07) is 0. The Hall–Kier alpha value is -1.53. The van der Waals surface area contributed by atoms with Gasteiger partial charge in [0.05, 0.1) is 0 Å². The smallest absolute Gasteiger partial charge is 0.216 e. The van der Waals surface area contributed by atoms with E-state index in [0.29, 0.717) is 5.56 Å². The lowest BCUT2D eigenvalue weighted by Gasteiger charge is -2.17. The Kier molecular flexibility index (Phi) is 4.14. The van der Waals surface area contributed by atoms with Gasteiger partial charge in [-0.2, -0.15) is 0 Å². The summed E-state index contributed by atoms with van der Waals surface area (Å²) < 4.78 is 0. The minimum Gasteiger partial charge on any atom is -0.388 e. The highest BCUT2D eigenvalue weighted by atomic mass is 16.3. The van der Waals surface area contributed by atoms with Gasteiger partial charge in [0, 0.05) is 31.4 Å². The average Bonchev–Trinajstić information content (AvgIpc) is 2.26. The largest absolute Gasteiger partial charge is 0.388 e. The van der Waals surface area contributed by atoms with Crippen molar-refractivity contribution in [3.8, 4) is 0 Å². The first-order chi connectivity index (χ1) is 7.11. The van der Waals surface area contributed by atoms with E-state index in [4.69, 9.17) is 0 Å². The van der Waals surface area contributed by atoms with E-state index in [9.17, 15) is 15.0 Å². The number of rotatable bonds is 4. The van der Waals surface area contributed by atoms with Gasteiger partial charge in [0.25, 0.3) is 0 Å². The maximum atomic E-state index is 10.6. The van der Waals surface area contributed by atoms with Gasteiger partial charge in [0.1, 0.15) is 18.5 Å². The van der Waals surface area contributed by atoms with Crippen LogP contribution in [-0.4, -0.2) is 38.7 Å². The van der Waals surface area contributed by atoms with Gasteiger partial charge in [-0.15, -0.1) is 0 Å². The summed E-state index contributed by atoms with van der Waals surface area (Å²) in [6.45, 7) is 1.33. The molecule has 3 N–H and O–H groups in total. The lowest BCUT2D eigenvalue weighted by molar-refractivity contribution is -0.119. The van der Waals surface area contributed by atoms with Crippen LogP contribution < -0.4 is 5.32 Å². The highest BCUT2D eigenvalue weighted by Crippen LogP contribution is 2.13. The van der Waals surface area contributed by atoms with Crippen molar-refractivity contribution < 1.29 is 15.0 Å². The summed E-state index contributed by atoms with van der Waals surface area (Å²) in [7, 11) is 0. The van der Waals surface area contributed by atoms with Gasteiger partial charge in [0.15, 0.2) is 0 Å². The van der Waals surface area contributed by atoms with E-state index in [2.05, 4.69) is 15.3 Å². The molecule has 1 aromatic heterocycles. The second-order valence-corrected chi connectivity index (χ2v) is 3.12. The summed E-state index contributed by atoms with van der Waals surface area (Å²) in [5.74, 6) is -0.259. The summed E-state index contributed by atoms with van der Waals surface area (Å²) >= 11 is 0. The Morgan fingerprint density at radius 1 is 1.47 bits per heavy atom. The van der Waals surface area contributed by atoms with Crippen molar-refractivity contribution in [1.82, 2.24) is 15.3 Å². The van der Waals surface area contributed by atoms with Crippen LogP contribution in [0, 0.1) is 0 Å². The number of hydrogen-bond acceptors (Lipinski definition) is 5. The summed E-state index contributed by atoms with van der Waals surface area (Å²) in [6.07, 6.45) is 1.98. The molecule has 1 rings (SSSR count). The highest BCUT2D eigenvalue weighted by molar-refractivity contribution is 5.72. The van der Waals surface area contributed by atoms with Gasteiger partial charge in [-0.3, -0.25) is 4.79 Å². The molecule has 1 heterocycles. The first kappa shape index (κ1) is 11.5. The molecule has 0 aliphatic heterocycles. The number of carbonyl (C=O) groups is 1. The normalized spacial score (nSPS) is 14.3. The van der Waals surface area contributed by atoms with E-state index in [-0.39, 0.29) is 12.5 Å². The summed E-state index contributed by atoms with van der Waals surface area (Å²) in [4.78, 5) is 18.0. The minimum atomic E-state index is -1.10. The van der Waals surface area contributed by atoms with Crippen molar-refractivity contribution in [2.24, 2.45) is 0 Å². The molecule has 15 heavy (non-hydrogen) atoms. The fraction of sp³-hybridized carbons (Fsp3) is 0.444. The Labute approximate surface area is 87.0 Å². The number of carbonyl (C=O) groups excluding carboxylic acids is 1. The van der Waals surface area contributed by atoms with Crippen molar-refractivity contribution in [1.29, 1.82) is 0 Å². The Morgan fingerprint density at radius 2 is 2.07 bits per heavy atom. The molecule has 2 atom stereocenters. The Balaban J connectivity index is 2.53. The van der Waals surface area contributed by atoms with Crippen LogP contribution in [0.25, 0.3) is 0 Å². The van der Waals surface area contributed by atoms with Crippen LogP contribution in [0.1, 0.15) is 18.6 Å². The van der Waals surface area contributed by atoms with Crippen LogP contribution in [0.2, 0.25) is 0 Å². The number of aromatic nitrogens is 2. The maximum absolute atomic E-state index is 10.6. The number of aliphatic hydroxyl groups is 2. The molecular formula is C9H13N3O3. The third-order valence-corrected chi connectivity index (χ3v) is 1.85. The monoisotopic (exact) mass is 211 g/mol. The molecule has 0 aliphatic rings. The maximum Gasteiger partial charge on any atom is 0.216 e. The molecule has 0 saturated carbocycles. The zero-order valence-electron chi connectivity index (χ0n) is 8.29. The second kappa shape index (κ2) is 5.38. The Morgan fingerprint density at radius 3 is 2.60 bits per heavy atom. The topological polar surface area (TPSA) is 95.3 Å². The van der Waals surface area contributed by atoms with E-state index in [0.717, 1.165) is 0 Å². The zero-order chi connectivity index (χ0) is 11.3. The van der Waals surface area contributed by atoms with Crippen LogP contribution in [-0.2, 0) is 4.79 Å². The molecule has 6 heteroatoms. The van der Waals surface area contributed by atoms with E-state index in [1.54, 1.807) is 0 Å². The summed E-state index contributed by atoms with van der Waals surface area (Å²) in [5, 5.41) is 21.5. The third-order valence-electron chi connectivity index (χ3n) is 1.85. The molecule has 2 unspecified atom stereocenters. The van der Waals surface area contributed by atoms with E-state index in [1.807, 2.05) is 0 Å². The molecule has 0 aliphatic carbocycles. The fourth-order valence-electron chi connectivity index (χ4n) is 1.05. The average molecular weight is 211 g/mol. The molecular weight excluding hydrogens is 198 g/mol. The van der Waals surface area contributed by atoms with E-state index >= 15 is 0 Å². The van der Waals surface area contributed by atoms with Crippen molar-refractivity contribution >= 4 is 5.91 Å². The summed E-state index contributed by atoms with van der Waals surface area (Å²) in [5.41, 5.74) is 0.412. The van der Waals surface area contributed by atoms with Crippen LogP contribution in [0.4, 0.5) is 0 Å². The van der Waals surface area contributed by atoms with Crippen LogP contribution in [0.3, 0.4) is 0 Å². The molecule has 0 bridgehead atoms. The van der Waals surface area contributed by atoms with Gasteiger partial charge >= 0.3 is 0 Å². The highest BCUT2D eigenvalue weighted by Gasteiger charge is 2.18. The lowest BCUT2D eigenvalue weighted by atomic mass is 10.1. The molecule has 0 aromatic carbocycles. The van der Waals surface area contributed by atoms with Gasteiger partial charge in [-0.1, -0.05) is 0 Å². The number of aliphatic hydroxyl groups excluding tert-OH is 2. The molecule has 0 fully saturated rings. The standard InChI is InChI=1S/C9H13N3O3/c1-6(13)12-4-8(14)9(15)7-2-10-5-11-3-7/h2-3,5,8-9,14-15H,4H2,1H3,(H,12,13). The Bertz CT molecular complexity index is 318. The lowest BCUT2D eigenvalue weighted by Crippen LogP contribution is -2.34. The van der Waals surface area contributed by atoms with Crippen LogP contribution in [0.5, 0.6) is 0 Å². The van der Waals surface area contributed by atoms with Crippen molar-refractivity contribution in [3.05, 3.63) is 24.3 Å². The molecule has 1 amide bonds. The van der Waals surface area contributed by atoms with Crippen molar-refractivity contribution in [3.63, 3.8) is 0 Å². The van der Waals surface area contributed by atoms with Gasteiger partial charge in [-0.05, 0) is 0 Å². The van der Waals surface area contributed by atoms with E-state index < -0.39 is 12.2 Å². The quantitative estimate of drug-likeness (QED) is 0.594. The second-order valence-electron chi connectivity index (χ2n) is 3.12. The van der Waals surface area contributed by atoms with E-state index in [1.165, 1.54) is 25.6 Å². The minimum absolute atomic E-state index is 0.00854. The zero-order valence-corrected chi connectivity index (χ0v) is 8.29. The number of nitrogens with zero attached hydrogens (tertiary/aromatic N) is 2. The first-order valence-electron chi connectivity index (χ1n) is 4.46. The fourth-order valence-corrected chi connectivity index (χ4v) is 1.05. The van der Waals surface area contributed by atoms with Gasteiger partial charge in [-0.25, -0.2) is 9.97 Å². The molecule has 6 nitrogen and oxygen atoms in total. The predicted molar refractivity (Wildman–Crippen MR) is 51.7 cm³/mol. The number of amides is 1.